The van der Waals surface area contributed by atoms with Crippen molar-refractivity contribution < 1.29 is 4.74 Å². The Kier molecular flexibility index (Phi) is 8.62. The van der Waals surface area contributed by atoms with Crippen molar-refractivity contribution in [2.75, 3.05) is 0 Å². The minimum atomic E-state index is 0.236. The number of aliphatic imine (C=N–C) groups is 1. The molecule has 0 aromatic rings. The third kappa shape index (κ3) is 6.83. The predicted octanol–water partition coefficient (Wildman–Crippen LogP) is 5.24. The molecule has 0 N–H and O–H groups in total. The standard InChI is InChI=1S/C16H29NO/c1-3-4-5-6-7-8-9-10-11-12-16-15(2)17-13-14-18-16/h13-14,16H,3-12H2,1-2H3. The van der Waals surface area contributed by atoms with Gasteiger partial charge in [-0.2, -0.15) is 0 Å². The molecule has 0 aromatic heterocycles. The predicted molar refractivity (Wildman–Crippen MR) is 79.0 cm³/mol. The zero-order valence-electron chi connectivity index (χ0n) is 12.2. The maximum absolute atomic E-state index is 5.55. The van der Waals surface area contributed by atoms with Gasteiger partial charge in [-0.25, -0.2) is 0 Å². The molecule has 0 amide bonds. The van der Waals surface area contributed by atoms with Crippen LogP contribution in [-0.4, -0.2) is 11.8 Å². The van der Waals surface area contributed by atoms with E-state index in [0.29, 0.717) is 0 Å². The molecule has 18 heavy (non-hydrogen) atoms. The van der Waals surface area contributed by atoms with Gasteiger partial charge in [0.05, 0.1) is 11.9 Å². The number of hydrogen-bond acceptors (Lipinski definition) is 2. The highest BCUT2D eigenvalue weighted by molar-refractivity contribution is 5.87. The van der Waals surface area contributed by atoms with Crippen LogP contribution >= 0.6 is 0 Å². The first-order chi connectivity index (χ1) is 8.84. The second-order valence-corrected chi connectivity index (χ2v) is 5.30. The largest absolute Gasteiger partial charge is 0.490 e. The lowest BCUT2D eigenvalue weighted by atomic mass is 10.0. The summed E-state index contributed by atoms with van der Waals surface area (Å²) in [6, 6.07) is 0. The average molecular weight is 251 g/mol. The molecule has 0 saturated carbocycles. The Morgan fingerprint density at radius 2 is 1.61 bits per heavy atom. The van der Waals surface area contributed by atoms with Crippen molar-refractivity contribution in [2.24, 2.45) is 4.99 Å². The second kappa shape index (κ2) is 10.2. The van der Waals surface area contributed by atoms with E-state index in [-0.39, 0.29) is 6.10 Å². The first kappa shape index (κ1) is 15.3. The molecule has 1 heterocycles. The van der Waals surface area contributed by atoms with Crippen molar-refractivity contribution in [3.63, 3.8) is 0 Å². The van der Waals surface area contributed by atoms with Gasteiger partial charge in [-0.15, -0.1) is 0 Å². The van der Waals surface area contributed by atoms with Crippen LogP contribution in [0.25, 0.3) is 0 Å². The topological polar surface area (TPSA) is 21.6 Å². The summed E-state index contributed by atoms with van der Waals surface area (Å²) < 4.78 is 5.55. The molecule has 0 spiro atoms. The van der Waals surface area contributed by atoms with Crippen LogP contribution in [0.4, 0.5) is 0 Å². The lowest BCUT2D eigenvalue weighted by Gasteiger charge is -2.18. The molecular weight excluding hydrogens is 222 g/mol. The molecule has 2 heteroatoms. The quantitative estimate of drug-likeness (QED) is 0.487. The van der Waals surface area contributed by atoms with Crippen molar-refractivity contribution in [3.8, 4) is 0 Å². The molecule has 0 saturated heterocycles. The monoisotopic (exact) mass is 251 g/mol. The third-order valence-corrected chi connectivity index (χ3v) is 3.62. The number of hydrogen-bond donors (Lipinski definition) is 0. The first-order valence-electron chi connectivity index (χ1n) is 7.69. The lowest BCUT2D eigenvalue weighted by Crippen LogP contribution is -2.21. The Balaban J connectivity index is 1.87. The molecule has 1 unspecified atom stereocenters. The zero-order chi connectivity index (χ0) is 13.1. The summed E-state index contributed by atoms with van der Waals surface area (Å²) in [5, 5.41) is 0. The van der Waals surface area contributed by atoms with Crippen molar-refractivity contribution in [1.82, 2.24) is 0 Å². The summed E-state index contributed by atoms with van der Waals surface area (Å²) >= 11 is 0. The van der Waals surface area contributed by atoms with E-state index >= 15 is 0 Å². The van der Waals surface area contributed by atoms with E-state index < -0.39 is 0 Å². The second-order valence-electron chi connectivity index (χ2n) is 5.30. The van der Waals surface area contributed by atoms with Crippen LogP contribution in [0.2, 0.25) is 0 Å². The van der Waals surface area contributed by atoms with Crippen LogP contribution in [0, 0.1) is 0 Å². The fourth-order valence-electron chi connectivity index (χ4n) is 2.38. The van der Waals surface area contributed by atoms with E-state index in [1.54, 1.807) is 12.5 Å². The lowest BCUT2D eigenvalue weighted by molar-refractivity contribution is 0.185. The number of rotatable bonds is 10. The molecule has 0 bridgehead atoms. The Morgan fingerprint density at radius 1 is 1.00 bits per heavy atom. The summed E-state index contributed by atoms with van der Waals surface area (Å²) in [7, 11) is 0. The maximum atomic E-state index is 5.55. The smallest absolute Gasteiger partial charge is 0.136 e. The third-order valence-electron chi connectivity index (χ3n) is 3.62. The summed E-state index contributed by atoms with van der Waals surface area (Å²) in [5.41, 5.74) is 1.12. The molecular formula is C16H29NO. The minimum Gasteiger partial charge on any atom is -0.490 e. The van der Waals surface area contributed by atoms with Crippen LogP contribution in [0.5, 0.6) is 0 Å². The van der Waals surface area contributed by atoms with Crippen molar-refractivity contribution in [3.05, 3.63) is 12.5 Å². The van der Waals surface area contributed by atoms with Crippen molar-refractivity contribution in [2.45, 2.75) is 84.2 Å². The highest BCUT2D eigenvalue weighted by atomic mass is 16.5. The Hall–Kier alpha value is -0.790. The molecule has 2 nitrogen and oxygen atoms in total. The molecule has 0 aliphatic carbocycles. The molecule has 0 aromatic carbocycles. The number of ether oxygens (including phenoxy) is 1. The van der Waals surface area contributed by atoms with E-state index in [1.807, 2.05) is 0 Å². The zero-order valence-corrected chi connectivity index (χ0v) is 12.2. The molecule has 1 rings (SSSR count). The van der Waals surface area contributed by atoms with Gasteiger partial charge in [0, 0.05) is 0 Å². The van der Waals surface area contributed by atoms with Gasteiger partial charge in [-0.05, 0) is 19.8 Å². The minimum absolute atomic E-state index is 0.236. The molecule has 0 fully saturated rings. The highest BCUT2D eigenvalue weighted by Crippen LogP contribution is 2.14. The van der Waals surface area contributed by atoms with Gasteiger partial charge >= 0.3 is 0 Å². The summed E-state index contributed by atoms with van der Waals surface area (Å²) in [6.45, 7) is 4.33. The SMILES string of the molecule is CCCCCCCCCCCC1OC=CN=C1C. The highest BCUT2D eigenvalue weighted by Gasteiger charge is 2.13. The van der Waals surface area contributed by atoms with Crippen molar-refractivity contribution >= 4 is 5.71 Å². The van der Waals surface area contributed by atoms with E-state index in [4.69, 9.17) is 4.74 Å². The van der Waals surface area contributed by atoms with Crippen LogP contribution in [0.15, 0.2) is 17.5 Å². The van der Waals surface area contributed by atoms with E-state index in [9.17, 15) is 0 Å². The normalized spacial score (nSPS) is 18.6. The molecule has 1 atom stereocenters. The van der Waals surface area contributed by atoms with Gasteiger partial charge in [-0.1, -0.05) is 58.3 Å². The number of nitrogens with zero attached hydrogens (tertiary/aromatic N) is 1. The van der Waals surface area contributed by atoms with Gasteiger partial charge in [-0.3, -0.25) is 4.99 Å². The fourth-order valence-corrected chi connectivity index (χ4v) is 2.38. The van der Waals surface area contributed by atoms with Gasteiger partial charge in [0.15, 0.2) is 0 Å². The fraction of sp³-hybridized carbons (Fsp3) is 0.812. The van der Waals surface area contributed by atoms with Gasteiger partial charge in [0.25, 0.3) is 0 Å². The molecule has 1 aliphatic heterocycles. The van der Waals surface area contributed by atoms with Crippen LogP contribution in [0.3, 0.4) is 0 Å². The van der Waals surface area contributed by atoms with Gasteiger partial charge in [0.2, 0.25) is 0 Å². The molecule has 1 aliphatic rings. The van der Waals surface area contributed by atoms with Crippen molar-refractivity contribution in [1.29, 1.82) is 0 Å². The van der Waals surface area contributed by atoms with Gasteiger partial charge in [0.1, 0.15) is 12.4 Å². The first-order valence-corrected chi connectivity index (χ1v) is 7.69. The average Bonchev–Trinajstić information content (AvgIpc) is 2.39. The van der Waals surface area contributed by atoms with Gasteiger partial charge < -0.3 is 4.74 Å². The summed E-state index contributed by atoms with van der Waals surface area (Å²) in [5.74, 6) is 0. The Bertz CT molecular complexity index is 258. The van der Waals surface area contributed by atoms with E-state index in [1.165, 1.54) is 57.8 Å². The van der Waals surface area contributed by atoms with Crippen LogP contribution in [-0.2, 0) is 4.74 Å². The van der Waals surface area contributed by atoms with E-state index in [2.05, 4.69) is 18.8 Å². The summed E-state index contributed by atoms with van der Waals surface area (Å²) in [6.07, 6.45) is 17.2. The number of unbranched alkanes of at least 4 members (excludes halogenated alkanes) is 8. The van der Waals surface area contributed by atoms with Crippen LogP contribution in [0.1, 0.15) is 78.1 Å². The Labute approximate surface area is 113 Å². The van der Waals surface area contributed by atoms with Crippen LogP contribution < -0.4 is 0 Å². The summed E-state index contributed by atoms with van der Waals surface area (Å²) in [4.78, 5) is 4.28. The molecule has 0 radical (unpaired) electrons. The maximum Gasteiger partial charge on any atom is 0.136 e. The molecule has 104 valence electrons. The van der Waals surface area contributed by atoms with E-state index in [0.717, 1.165) is 12.1 Å². The Morgan fingerprint density at radius 3 is 2.22 bits per heavy atom.